The highest BCUT2D eigenvalue weighted by atomic mass is 79.9. The molecule has 0 saturated heterocycles. The molecule has 0 atom stereocenters. The molecule has 0 radical (unpaired) electrons. The van der Waals surface area contributed by atoms with Crippen molar-refractivity contribution in [2.24, 2.45) is 0 Å². The Balaban J connectivity index is 1.96. The fourth-order valence-corrected chi connectivity index (χ4v) is 5.67. The number of hydrogen-bond acceptors (Lipinski definition) is 3. The quantitative estimate of drug-likeness (QED) is 0.390. The Morgan fingerprint density at radius 2 is 1.67 bits per heavy atom. The molecule has 9 heteroatoms. The number of benzene rings is 3. The van der Waals surface area contributed by atoms with Crippen LogP contribution in [-0.2, 0) is 21.4 Å². The van der Waals surface area contributed by atoms with E-state index in [1.54, 1.807) is 12.1 Å². The molecule has 3 aromatic rings. The number of halogens is 3. The molecule has 3 aromatic carbocycles. The van der Waals surface area contributed by atoms with E-state index in [4.69, 9.17) is 11.6 Å². The number of carbonyl (C=O) groups excluding carboxylic acids is 1. The molecule has 0 aliphatic heterocycles. The van der Waals surface area contributed by atoms with Crippen molar-refractivity contribution in [1.29, 1.82) is 0 Å². The summed E-state index contributed by atoms with van der Waals surface area (Å²) in [5.74, 6) is -1.20. The monoisotopic (exact) mass is 552 g/mol. The number of rotatable bonds is 7. The van der Waals surface area contributed by atoms with Crippen LogP contribution in [0.3, 0.4) is 0 Å². The minimum Gasteiger partial charge on any atom is -0.324 e. The van der Waals surface area contributed by atoms with E-state index in [2.05, 4.69) is 21.2 Å². The molecule has 3 rings (SSSR count). The van der Waals surface area contributed by atoms with Gasteiger partial charge < -0.3 is 5.32 Å². The third kappa shape index (κ3) is 6.00. The fourth-order valence-electron chi connectivity index (χ4n) is 3.39. The van der Waals surface area contributed by atoms with E-state index < -0.39 is 34.8 Å². The molecule has 33 heavy (non-hydrogen) atoms. The summed E-state index contributed by atoms with van der Waals surface area (Å²) in [6.07, 6.45) is 0. The maximum absolute atomic E-state index is 14.5. The summed E-state index contributed by atoms with van der Waals surface area (Å²) in [4.78, 5) is 13.0. The Morgan fingerprint density at radius 3 is 2.24 bits per heavy atom. The van der Waals surface area contributed by atoms with Gasteiger partial charge in [-0.15, -0.1) is 0 Å². The second-order valence-corrected chi connectivity index (χ2v) is 11.0. The van der Waals surface area contributed by atoms with Crippen molar-refractivity contribution in [3.8, 4) is 0 Å². The maximum Gasteiger partial charge on any atom is 0.243 e. The fraction of sp³-hybridized carbons (Fsp3) is 0.208. The number of anilines is 1. The summed E-state index contributed by atoms with van der Waals surface area (Å²) in [5, 5.41) is 2.87. The molecule has 0 unspecified atom stereocenters. The van der Waals surface area contributed by atoms with Crippen LogP contribution in [0.4, 0.5) is 10.1 Å². The van der Waals surface area contributed by atoms with Gasteiger partial charge in [-0.25, -0.2) is 12.8 Å². The van der Waals surface area contributed by atoms with Crippen molar-refractivity contribution in [1.82, 2.24) is 4.31 Å². The lowest BCUT2D eigenvalue weighted by molar-refractivity contribution is -0.116. The summed E-state index contributed by atoms with van der Waals surface area (Å²) in [5.41, 5.74) is 3.12. The zero-order valence-electron chi connectivity index (χ0n) is 18.3. The van der Waals surface area contributed by atoms with E-state index in [9.17, 15) is 17.6 Å². The topological polar surface area (TPSA) is 66.5 Å². The molecule has 0 bridgehead atoms. The molecule has 0 saturated carbocycles. The van der Waals surface area contributed by atoms with Gasteiger partial charge in [0.15, 0.2) is 0 Å². The van der Waals surface area contributed by atoms with E-state index in [1.807, 2.05) is 32.9 Å². The highest BCUT2D eigenvalue weighted by Crippen LogP contribution is 2.27. The SMILES string of the molecule is Cc1ccc(S(=O)(=O)N(CC(=O)Nc2c(C)cc(Br)cc2C)Cc2c(F)cccc2Cl)cc1. The normalized spacial score (nSPS) is 11.6. The molecule has 1 amide bonds. The predicted molar refractivity (Wildman–Crippen MR) is 132 cm³/mol. The highest BCUT2D eigenvalue weighted by molar-refractivity contribution is 9.10. The lowest BCUT2D eigenvalue weighted by atomic mass is 10.1. The lowest BCUT2D eigenvalue weighted by Gasteiger charge is -2.23. The predicted octanol–water partition coefficient (Wildman–Crippen LogP) is 6.00. The minimum atomic E-state index is -4.12. The molecule has 0 spiro atoms. The first-order chi connectivity index (χ1) is 15.5. The first-order valence-corrected chi connectivity index (χ1v) is 12.7. The molecule has 1 N–H and O–H groups in total. The van der Waals surface area contributed by atoms with Crippen LogP contribution in [0.2, 0.25) is 5.02 Å². The molecule has 0 aliphatic rings. The van der Waals surface area contributed by atoms with Gasteiger partial charge >= 0.3 is 0 Å². The smallest absolute Gasteiger partial charge is 0.243 e. The molecule has 0 aliphatic carbocycles. The van der Waals surface area contributed by atoms with Gasteiger partial charge in [0.1, 0.15) is 5.82 Å². The van der Waals surface area contributed by atoms with Crippen LogP contribution in [0.25, 0.3) is 0 Å². The molecular weight excluding hydrogens is 531 g/mol. The molecule has 0 fully saturated rings. The second-order valence-electron chi connectivity index (χ2n) is 7.75. The number of amides is 1. The van der Waals surface area contributed by atoms with E-state index in [1.165, 1.54) is 30.3 Å². The highest BCUT2D eigenvalue weighted by Gasteiger charge is 2.29. The van der Waals surface area contributed by atoms with Crippen molar-refractivity contribution in [3.05, 3.63) is 92.2 Å². The average molecular weight is 554 g/mol. The first kappa shape index (κ1) is 25.4. The average Bonchev–Trinajstić information content (AvgIpc) is 2.73. The number of hydrogen-bond donors (Lipinski definition) is 1. The van der Waals surface area contributed by atoms with Gasteiger partial charge in [0.05, 0.1) is 11.4 Å². The molecule has 5 nitrogen and oxygen atoms in total. The van der Waals surface area contributed by atoms with Gasteiger partial charge in [0.25, 0.3) is 0 Å². The lowest BCUT2D eigenvalue weighted by Crippen LogP contribution is -2.38. The van der Waals surface area contributed by atoms with Crippen LogP contribution in [0.5, 0.6) is 0 Å². The molecule has 174 valence electrons. The third-order valence-corrected chi connectivity index (χ3v) is 7.75. The van der Waals surface area contributed by atoms with Crippen molar-refractivity contribution >= 4 is 49.1 Å². The van der Waals surface area contributed by atoms with Gasteiger partial charge in [0, 0.05) is 27.3 Å². The second kappa shape index (κ2) is 10.3. The number of carbonyl (C=O) groups is 1. The van der Waals surface area contributed by atoms with Crippen molar-refractivity contribution in [3.63, 3.8) is 0 Å². The van der Waals surface area contributed by atoms with Crippen LogP contribution < -0.4 is 5.32 Å². The third-order valence-electron chi connectivity index (χ3n) is 5.14. The van der Waals surface area contributed by atoms with E-state index >= 15 is 0 Å². The summed E-state index contributed by atoms with van der Waals surface area (Å²) >= 11 is 9.56. The summed E-state index contributed by atoms with van der Waals surface area (Å²) in [6.45, 7) is 4.60. The van der Waals surface area contributed by atoms with E-state index in [0.717, 1.165) is 25.5 Å². The Labute approximate surface area is 206 Å². The molecule has 0 heterocycles. The first-order valence-electron chi connectivity index (χ1n) is 10.1. The van der Waals surface area contributed by atoms with Gasteiger partial charge in [-0.05, 0) is 68.3 Å². The van der Waals surface area contributed by atoms with Gasteiger partial charge in [-0.2, -0.15) is 4.31 Å². The Kier molecular flexibility index (Phi) is 7.95. The largest absolute Gasteiger partial charge is 0.324 e. The summed E-state index contributed by atoms with van der Waals surface area (Å²) < 4.78 is 43.1. The Morgan fingerprint density at radius 1 is 1.06 bits per heavy atom. The number of nitrogens with one attached hydrogen (secondary N) is 1. The summed E-state index contributed by atoms with van der Waals surface area (Å²) in [6, 6.07) is 14.1. The van der Waals surface area contributed by atoms with Crippen LogP contribution in [-0.4, -0.2) is 25.2 Å². The maximum atomic E-state index is 14.5. The molecule has 0 aromatic heterocycles. The zero-order valence-corrected chi connectivity index (χ0v) is 21.5. The van der Waals surface area contributed by atoms with Crippen LogP contribution in [0.15, 0.2) is 64.0 Å². The Hall–Kier alpha value is -2.26. The van der Waals surface area contributed by atoms with E-state index in [-0.39, 0.29) is 15.5 Å². The summed E-state index contributed by atoms with van der Waals surface area (Å²) in [7, 11) is -4.12. The number of sulfonamides is 1. The van der Waals surface area contributed by atoms with Crippen LogP contribution >= 0.6 is 27.5 Å². The van der Waals surface area contributed by atoms with Crippen molar-refractivity contribution < 1.29 is 17.6 Å². The Bertz CT molecular complexity index is 1250. The van der Waals surface area contributed by atoms with Crippen LogP contribution in [0, 0.1) is 26.6 Å². The van der Waals surface area contributed by atoms with Gasteiger partial charge in [0.2, 0.25) is 15.9 Å². The number of aryl methyl sites for hydroxylation is 3. The number of nitrogens with zero attached hydrogens (tertiary/aromatic N) is 1. The minimum absolute atomic E-state index is 0.00124. The van der Waals surface area contributed by atoms with Crippen molar-refractivity contribution in [2.75, 3.05) is 11.9 Å². The van der Waals surface area contributed by atoms with E-state index in [0.29, 0.717) is 5.69 Å². The standard InChI is InChI=1S/C24H23BrClFN2O3S/c1-15-7-9-19(10-8-15)33(31,32)29(13-20-21(26)5-4-6-22(20)27)14-23(30)28-24-16(2)11-18(25)12-17(24)3/h4-12H,13-14H2,1-3H3,(H,28,30). The van der Waals surface area contributed by atoms with Gasteiger partial charge in [-0.3, -0.25) is 4.79 Å². The van der Waals surface area contributed by atoms with Crippen LogP contribution in [0.1, 0.15) is 22.3 Å². The zero-order chi connectivity index (χ0) is 24.3. The van der Waals surface area contributed by atoms with Crippen molar-refractivity contribution in [2.45, 2.75) is 32.2 Å². The molecular formula is C24H23BrClFN2O3S. The van der Waals surface area contributed by atoms with Gasteiger partial charge in [-0.1, -0.05) is 51.3 Å².